The van der Waals surface area contributed by atoms with Gasteiger partial charge in [0.1, 0.15) is 17.8 Å². The second-order valence-electron chi connectivity index (χ2n) is 5.26. The van der Waals surface area contributed by atoms with Crippen molar-refractivity contribution in [1.29, 1.82) is 0 Å². The summed E-state index contributed by atoms with van der Waals surface area (Å²) in [5.74, 6) is -0.654. The summed E-state index contributed by atoms with van der Waals surface area (Å²) >= 11 is 0. The third-order valence-corrected chi connectivity index (χ3v) is 3.98. The lowest BCUT2D eigenvalue weighted by Crippen LogP contribution is -2.35. The minimum Gasteiger partial charge on any atom is -0.462 e. The first-order valence-electron chi connectivity index (χ1n) is 6.49. The second-order valence-corrected chi connectivity index (χ2v) is 5.26. The summed E-state index contributed by atoms with van der Waals surface area (Å²) in [5, 5.41) is 28.7. The number of hydrogen-bond donors (Lipinski definition) is 3. The Morgan fingerprint density at radius 1 is 1.30 bits per heavy atom. The number of carbonyl (C=O) groups is 1. The lowest BCUT2D eigenvalue weighted by Gasteiger charge is -2.14. The van der Waals surface area contributed by atoms with Crippen molar-refractivity contribution in [2.45, 2.75) is 30.5 Å². The zero-order valence-electron chi connectivity index (χ0n) is 10.7. The highest BCUT2D eigenvalue weighted by Gasteiger charge is 2.68. The van der Waals surface area contributed by atoms with Crippen LogP contribution in [0, 0.1) is 5.92 Å². The highest BCUT2D eigenvalue weighted by Crippen LogP contribution is 2.54. The van der Waals surface area contributed by atoms with Gasteiger partial charge in [-0.2, -0.15) is 0 Å². The number of aliphatic hydroxyl groups excluding tert-OH is 3. The Morgan fingerprint density at radius 2 is 2.00 bits per heavy atom. The fourth-order valence-corrected chi connectivity index (χ4v) is 2.68. The van der Waals surface area contributed by atoms with Gasteiger partial charge in [0.15, 0.2) is 6.29 Å². The molecule has 6 nitrogen and oxygen atoms in total. The van der Waals surface area contributed by atoms with Crippen LogP contribution in [0.4, 0.5) is 0 Å². The molecule has 3 rings (SSSR count). The Bertz CT molecular complexity index is 504. The van der Waals surface area contributed by atoms with Crippen LogP contribution in [0.1, 0.15) is 16.8 Å². The molecule has 0 aromatic heterocycles. The van der Waals surface area contributed by atoms with Crippen molar-refractivity contribution in [1.82, 2.24) is 0 Å². The molecule has 2 unspecified atom stereocenters. The van der Waals surface area contributed by atoms with Crippen molar-refractivity contribution in [2.75, 3.05) is 6.61 Å². The monoisotopic (exact) mass is 280 g/mol. The minimum atomic E-state index is -1.39. The molecule has 1 saturated heterocycles. The highest BCUT2D eigenvalue weighted by atomic mass is 16.7. The van der Waals surface area contributed by atoms with Crippen molar-refractivity contribution in [3.05, 3.63) is 35.9 Å². The Labute approximate surface area is 115 Å². The van der Waals surface area contributed by atoms with Crippen LogP contribution in [-0.2, 0) is 9.47 Å². The van der Waals surface area contributed by atoms with Crippen LogP contribution in [0.3, 0.4) is 0 Å². The van der Waals surface area contributed by atoms with E-state index in [1.54, 1.807) is 30.3 Å². The first kappa shape index (κ1) is 13.5. The van der Waals surface area contributed by atoms with E-state index in [4.69, 9.17) is 9.47 Å². The van der Waals surface area contributed by atoms with E-state index in [9.17, 15) is 20.1 Å². The van der Waals surface area contributed by atoms with Gasteiger partial charge >= 0.3 is 5.97 Å². The van der Waals surface area contributed by atoms with Crippen LogP contribution in [0.25, 0.3) is 0 Å². The largest absolute Gasteiger partial charge is 0.462 e. The summed E-state index contributed by atoms with van der Waals surface area (Å²) in [4.78, 5) is 11.8. The fourth-order valence-electron chi connectivity index (χ4n) is 2.68. The van der Waals surface area contributed by atoms with Gasteiger partial charge in [-0.05, 0) is 18.6 Å². The molecule has 2 aliphatic rings. The Hall–Kier alpha value is -1.47. The lowest BCUT2D eigenvalue weighted by molar-refractivity contribution is -0.137. The van der Waals surface area contributed by atoms with Crippen molar-refractivity contribution in [3.63, 3.8) is 0 Å². The number of carbonyl (C=O) groups excluding carboxylic acids is 1. The Kier molecular flexibility index (Phi) is 3.25. The van der Waals surface area contributed by atoms with Crippen LogP contribution in [0.15, 0.2) is 30.3 Å². The molecule has 1 aromatic carbocycles. The number of rotatable bonds is 3. The summed E-state index contributed by atoms with van der Waals surface area (Å²) in [6.45, 7) is 0.0875. The van der Waals surface area contributed by atoms with Gasteiger partial charge in [-0.1, -0.05) is 18.2 Å². The SMILES string of the molecule is O=C(OC[C@@H]1C[C@]12O[C@@H](O)C(O)C2O)c1ccccc1. The average Bonchev–Trinajstić information content (AvgIpc) is 3.12. The summed E-state index contributed by atoms with van der Waals surface area (Å²) in [5.41, 5.74) is -0.523. The molecule has 5 atom stereocenters. The third-order valence-electron chi connectivity index (χ3n) is 3.98. The molecule has 1 spiro atoms. The van der Waals surface area contributed by atoms with Crippen molar-refractivity contribution >= 4 is 5.97 Å². The quantitative estimate of drug-likeness (QED) is 0.656. The molecule has 6 heteroatoms. The zero-order chi connectivity index (χ0) is 14.3. The maximum atomic E-state index is 11.8. The van der Waals surface area contributed by atoms with E-state index in [0.29, 0.717) is 12.0 Å². The van der Waals surface area contributed by atoms with Crippen molar-refractivity contribution in [2.24, 2.45) is 5.92 Å². The zero-order valence-corrected chi connectivity index (χ0v) is 10.7. The summed E-state index contributed by atoms with van der Waals surface area (Å²) in [7, 11) is 0. The molecule has 1 saturated carbocycles. The maximum absolute atomic E-state index is 11.8. The molecule has 2 fully saturated rings. The van der Waals surface area contributed by atoms with Crippen molar-refractivity contribution < 1.29 is 29.6 Å². The molecular weight excluding hydrogens is 264 g/mol. The van der Waals surface area contributed by atoms with Gasteiger partial charge in [0.05, 0.1) is 12.2 Å². The van der Waals surface area contributed by atoms with E-state index in [2.05, 4.69) is 0 Å². The molecule has 20 heavy (non-hydrogen) atoms. The summed E-state index contributed by atoms with van der Waals surface area (Å²) in [6, 6.07) is 8.59. The molecule has 1 aliphatic carbocycles. The van der Waals surface area contributed by atoms with Gasteiger partial charge < -0.3 is 24.8 Å². The fraction of sp³-hybridized carbons (Fsp3) is 0.500. The van der Waals surface area contributed by atoms with E-state index in [0.717, 1.165) is 0 Å². The van der Waals surface area contributed by atoms with Crippen LogP contribution in [-0.4, -0.2) is 52.0 Å². The van der Waals surface area contributed by atoms with Gasteiger partial charge in [-0.15, -0.1) is 0 Å². The normalized spacial score (nSPS) is 39.0. The third kappa shape index (κ3) is 2.10. The van der Waals surface area contributed by atoms with E-state index in [-0.39, 0.29) is 12.5 Å². The molecule has 1 heterocycles. The van der Waals surface area contributed by atoms with Gasteiger partial charge in [-0.25, -0.2) is 4.79 Å². The standard InChI is InChI=1S/C14H16O6/c15-10-11(16)14(20-13(10)18)6-9(14)7-19-12(17)8-4-2-1-3-5-8/h1-5,9-11,13,15-16,18H,6-7H2/t9-,10?,11?,13+,14-/m0/s1. The van der Waals surface area contributed by atoms with Crippen molar-refractivity contribution in [3.8, 4) is 0 Å². The molecule has 0 radical (unpaired) electrons. The Balaban J connectivity index is 1.56. The van der Waals surface area contributed by atoms with Gasteiger partial charge in [0, 0.05) is 5.92 Å². The predicted molar refractivity (Wildman–Crippen MR) is 66.7 cm³/mol. The van der Waals surface area contributed by atoms with Crippen LogP contribution in [0.5, 0.6) is 0 Å². The number of ether oxygens (including phenoxy) is 2. The van der Waals surface area contributed by atoms with Crippen LogP contribution < -0.4 is 0 Å². The maximum Gasteiger partial charge on any atom is 0.338 e. The first-order chi connectivity index (χ1) is 9.54. The van der Waals surface area contributed by atoms with E-state index in [1.165, 1.54) is 0 Å². The molecule has 1 aromatic rings. The molecule has 108 valence electrons. The lowest BCUT2D eigenvalue weighted by atomic mass is 10.1. The summed E-state index contributed by atoms with van der Waals surface area (Å²) < 4.78 is 10.4. The topological polar surface area (TPSA) is 96.2 Å². The smallest absolute Gasteiger partial charge is 0.338 e. The van der Waals surface area contributed by atoms with Gasteiger partial charge in [0.25, 0.3) is 0 Å². The average molecular weight is 280 g/mol. The first-order valence-corrected chi connectivity index (χ1v) is 6.49. The van der Waals surface area contributed by atoms with E-state index < -0.39 is 30.1 Å². The number of aliphatic hydroxyl groups is 3. The van der Waals surface area contributed by atoms with E-state index >= 15 is 0 Å². The second kappa shape index (κ2) is 4.82. The van der Waals surface area contributed by atoms with E-state index in [1.807, 2.05) is 0 Å². The molecule has 1 aliphatic heterocycles. The molecule has 0 bridgehead atoms. The van der Waals surface area contributed by atoms with Gasteiger partial charge in [-0.3, -0.25) is 0 Å². The number of benzene rings is 1. The van der Waals surface area contributed by atoms with Crippen LogP contribution in [0.2, 0.25) is 0 Å². The predicted octanol–water partition coefficient (Wildman–Crippen LogP) is -0.328. The summed E-state index contributed by atoms with van der Waals surface area (Å²) in [6.07, 6.45) is -3.41. The number of esters is 1. The van der Waals surface area contributed by atoms with Crippen LogP contribution >= 0.6 is 0 Å². The van der Waals surface area contributed by atoms with Gasteiger partial charge in [0.2, 0.25) is 0 Å². The molecule has 0 amide bonds. The molecular formula is C14H16O6. The molecule has 3 N–H and O–H groups in total. The minimum absolute atomic E-state index is 0.0875. The highest BCUT2D eigenvalue weighted by molar-refractivity contribution is 5.89. The Morgan fingerprint density at radius 3 is 2.60 bits per heavy atom. The number of hydrogen-bond acceptors (Lipinski definition) is 6.